The second kappa shape index (κ2) is 9.52. The largest absolute Gasteiger partial charge is 0.444 e. The average molecular weight is 344 g/mol. The van der Waals surface area contributed by atoms with Crippen LogP contribution in [0.3, 0.4) is 0 Å². The van der Waals surface area contributed by atoms with E-state index in [1.165, 1.54) is 9.80 Å². The van der Waals surface area contributed by atoms with E-state index < -0.39 is 23.4 Å². The molecule has 0 rings (SSSR count). The molecule has 0 saturated carbocycles. The molecule has 0 aliphatic carbocycles. The highest BCUT2D eigenvalue weighted by molar-refractivity contribution is 5.69. The minimum Gasteiger partial charge on any atom is -0.444 e. The van der Waals surface area contributed by atoms with E-state index in [1.807, 2.05) is 0 Å². The van der Waals surface area contributed by atoms with E-state index in [0.29, 0.717) is 6.54 Å². The van der Waals surface area contributed by atoms with Crippen LogP contribution in [0.25, 0.3) is 0 Å². The summed E-state index contributed by atoms with van der Waals surface area (Å²) >= 11 is 0. The van der Waals surface area contributed by atoms with E-state index in [0.717, 1.165) is 0 Å². The van der Waals surface area contributed by atoms with Crippen molar-refractivity contribution in [3.8, 4) is 0 Å². The van der Waals surface area contributed by atoms with Gasteiger partial charge in [-0.25, -0.2) is 9.59 Å². The molecule has 0 aliphatic rings. The Hall–Kier alpha value is -1.76. The third kappa shape index (κ3) is 10.1. The van der Waals surface area contributed by atoms with E-state index in [4.69, 9.17) is 14.6 Å². The standard InChI is InChI=1S/C17H32N2O5/c1-8-9-18(14(21)23-16(2,3)4)10-11-19(12-13-20)15(22)24-17(5,6)7/h8,20H,1,9-13H2,2-7H3. The van der Waals surface area contributed by atoms with Crippen molar-refractivity contribution in [3.05, 3.63) is 12.7 Å². The molecule has 0 aromatic heterocycles. The predicted octanol–water partition coefficient (Wildman–Crippen LogP) is 2.64. The van der Waals surface area contributed by atoms with Crippen LogP contribution in [0.5, 0.6) is 0 Å². The summed E-state index contributed by atoms with van der Waals surface area (Å²) in [6, 6.07) is 0. The van der Waals surface area contributed by atoms with Crippen molar-refractivity contribution >= 4 is 12.2 Å². The number of aliphatic hydroxyl groups excluding tert-OH is 1. The number of rotatable bonds is 7. The summed E-state index contributed by atoms with van der Waals surface area (Å²) in [7, 11) is 0. The number of hydrogen-bond acceptors (Lipinski definition) is 5. The molecule has 0 radical (unpaired) electrons. The Bertz CT molecular complexity index is 424. The molecule has 1 N–H and O–H groups in total. The van der Waals surface area contributed by atoms with E-state index in [1.54, 1.807) is 47.6 Å². The van der Waals surface area contributed by atoms with Crippen molar-refractivity contribution in [2.75, 3.05) is 32.8 Å². The second-order valence-corrected chi connectivity index (χ2v) is 7.41. The first-order chi connectivity index (χ1) is 10.9. The van der Waals surface area contributed by atoms with Crippen LogP contribution in [-0.4, -0.2) is 71.1 Å². The van der Waals surface area contributed by atoms with Gasteiger partial charge in [-0.15, -0.1) is 6.58 Å². The van der Waals surface area contributed by atoms with Gasteiger partial charge in [0.1, 0.15) is 11.2 Å². The third-order valence-electron chi connectivity index (χ3n) is 2.66. The van der Waals surface area contributed by atoms with Crippen LogP contribution in [0.4, 0.5) is 9.59 Å². The highest BCUT2D eigenvalue weighted by Gasteiger charge is 2.25. The van der Waals surface area contributed by atoms with Gasteiger partial charge in [0.05, 0.1) is 6.61 Å². The molecule has 7 nitrogen and oxygen atoms in total. The van der Waals surface area contributed by atoms with Gasteiger partial charge in [0, 0.05) is 26.2 Å². The minimum absolute atomic E-state index is 0.130. The molecule has 0 aliphatic heterocycles. The zero-order valence-corrected chi connectivity index (χ0v) is 15.8. The SMILES string of the molecule is C=CCN(CCN(CCO)C(=O)OC(C)(C)C)C(=O)OC(C)(C)C. The Morgan fingerprint density at radius 2 is 1.33 bits per heavy atom. The number of carbonyl (C=O) groups excluding carboxylic acids is 2. The lowest BCUT2D eigenvalue weighted by atomic mass is 10.2. The maximum Gasteiger partial charge on any atom is 0.410 e. The van der Waals surface area contributed by atoms with Crippen LogP contribution in [0, 0.1) is 0 Å². The average Bonchev–Trinajstić information content (AvgIpc) is 2.37. The first-order valence-corrected chi connectivity index (χ1v) is 8.07. The fourth-order valence-electron chi connectivity index (χ4n) is 1.72. The van der Waals surface area contributed by atoms with Gasteiger partial charge in [-0.1, -0.05) is 6.08 Å². The molecular formula is C17H32N2O5. The zero-order chi connectivity index (χ0) is 19.0. The summed E-state index contributed by atoms with van der Waals surface area (Å²) in [6.07, 6.45) is 0.586. The van der Waals surface area contributed by atoms with Crippen molar-refractivity contribution < 1.29 is 24.2 Å². The van der Waals surface area contributed by atoms with Crippen molar-refractivity contribution in [2.24, 2.45) is 0 Å². The number of hydrogen-bond donors (Lipinski definition) is 1. The van der Waals surface area contributed by atoms with Crippen molar-refractivity contribution in [3.63, 3.8) is 0 Å². The van der Waals surface area contributed by atoms with E-state index in [2.05, 4.69) is 6.58 Å². The van der Waals surface area contributed by atoms with E-state index >= 15 is 0 Å². The van der Waals surface area contributed by atoms with E-state index in [9.17, 15) is 9.59 Å². The fraction of sp³-hybridized carbons (Fsp3) is 0.765. The van der Waals surface area contributed by atoms with Crippen molar-refractivity contribution in [1.29, 1.82) is 0 Å². The number of amides is 2. The van der Waals surface area contributed by atoms with Crippen LogP contribution in [-0.2, 0) is 9.47 Å². The number of aliphatic hydroxyl groups is 1. The predicted molar refractivity (Wildman–Crippen MR) is 92.9 cm³/mol. The molecule has 0 fully saturated rings. The third-order valence-corrected chi connectivity index (χ3v) is 2.66. The van der Waals surface area contributed by atoms with Gasteiger partial charge in [0.2, 0.25) is 0 Å². The summed E-state index contributed by atoms with van der Waals surface area (Å²) in [5, 5.41) is 9.14. The summed E-state index contributed by atoms with van der Waals surface area (Å²) in [6.45, 7) is 15.0. The first-order valence-electron chi connectivity index (χ1n) is 8.07. The zero-order valence-electron chi connectivity index (χ0n) is 15.8. The highest BCUT2D eigenvalue weighted by Crippen LogP contribution is 2.12. The lowest BCUT2D eigenvalue weighted by Gasteiger charge is -2.30. The number of ether oxygens (including phenoxy) is 2. The molecule has 24 heavy (non-hydrogen) atoms. The molecule has 7 heteroatoms. The Morgan fingerprint density at radius 1 is 0.917 bits per heavy atom. The van der Waals surface area contributed by atoms with Gasteiger partial charge in [-0.2, -0.15) is 0 Å². The fourth-order valence-corrected chi connectivity index (χ4v) is 1.72. The number of carbonyl (C=O) groups is 2. The van der Waals surface area contributed by atoms with Crippen molar-refractivity contribution in [1.82, 2.24) is 9.80 Å². The molecule has 0 atom stereocenters. The quantitative estimate of drug-likeness (QED) is 0.718. The van der Waals surface area contributed by atoms with Crippen LogP contribution < -0.4 is 0 Å². The molecule has 140 valence electrons. The Labute approximate surface area is 145 Å². The second-order valence-electron chi connectivity index (χ2n) is 7.41. The van der Waals surface area contributed by atoms with Gasteiger partial charge < -0.3 is 24.4 Å². The van der Waals surface area contributed by atoms with Crippen LogP contribution in [0.15, 0.2) is 12.7 Å². The first kappa shape index (κ1) is 22.2. The van der Waals surface area contributed by atoms with Crippen LogP contribution in [0.1, 0.15) is 41.5 Å². The summed E-state index contributed by atoms with van der Waals surface area (Å²) in [5.41, 5.74) is -1.23. The molecule has 0 spiro atoms. The smallest absolute Gasteiger partial charge is 0.410 e. The molecule has 0 aromatic carbocycles. The van der Waals surface area contributed by atoms with Gasteiger partial charge in [0.15, 0.2) is 0 Å². The molecule has 0 aromatic rings. The summed E-state index contributed by atoms with van der Waals surface area (Å²) in [5.74, 6) is 0. The monoisotopic (exact) mass is 344 g/mol. The van der Waals surface area contributed by atoms with Crippen molar-refractivity contribution in [2.45, 2.75) is 52.7 Å². The van der Waals surface area contributed by atoms with Gasteiger partial charge >= 0.3 is 12.2 Å². The topological polar surface area (TPSA) is 79.3 Å². The minimum atomic E-state index is -0.628. The van der Waals surface area contributed by atoms with Gasteiger partial charge in [0.25, 0.3) is 0 Å². The normalized spacial score (nSPS) is 11.6. The molecule has 2 amide bonds. The Morgan fingerprint density at radius 3 is 1.71 bits per heavy atom. The lowest BCUT2D eigenvalue weighted by molar-refractivity contribution is 0.0128. The van der Waals surface area contributed by atoms with Crippen LogP contribution in [0.2, 0.25) is 0 Å². The Kier molecular flexibility index (Phi) is 8.82. The van der Waals surface area contributed by atoms with Gasteiger partial charge in [-0.3, -0.25) is 0 Å². The van der Waals surface area contributed by atoms with Gasteiger partial charge in [-0.05, 0) is 41.5 Å². The summed E-state index contributed by atoms with van der Waals surface area (Å²) < 4.78 is 10.6. The number of nitrogens with zero attached hydrogens (tertiary/aromatic N) is 2. The Balaban J connectivity index is 4.84. The lowest BCUT2D eigenvalue weighted by Crippen LogP contribution is -2.45. The molecule has 0 heterocycles. The van der Waals surface area contributed by atoms with E-state index in [-0.39, 0.29) is 26.2 Å². The molecule has 0 unspecified atom stereocenters. The highest BCUT2D eigenvalue weighted by atomic mass is 16.6. The molecular weight excluding hydrogens is 312 g/mol. The summed E-state index contributed by atoms with van der Waals surface area (Å²) in [4.78, 5) is 27.2. The molecule has 0 saturated heterocycles. The maximum atomic E-state index is 12.2. The van der Waals surface area contributed by atoms with Crippen LogP contribution >= 0.6 is 0 Å². The maximum absolute atomic E-state index is 12.2. The molecule has 0 bridgehead atoms.